The van der Waals surface area contributed by atoms with Gasteiger partial charge in [0, 0.05) is 26.2 Å². The molecule has 8 nitrogen and oxygen atoms in total. The monoisotopic (exact) mass is 555 g/mol. The number of carbonyl (C=O) groups excluding carboxylic acids is 1. The molecule has 1 atom stereocenters. The molecule has 0 spiro atoms. The first-order valence-electron chi connectivity index (χ1n) is 12.6. The zero-order valence-corrected chi connectivity index (χ0v) is 22.7. The number of carboxylic acids is 1. The Morgan fingerprint density at radius 1 is 0.974 bits per heavy atom. The van der Waals surface area contributed by atoms with E-state index in [-0.39, 0.29) is 45.8 Å². The van der Waals surface area contributed by atoms with Gasteiger partial charge in [-0.15, -0.1) is 0 Å². The molecule has 0 aliphatic heterocycles. The van der Waals surface area contributed by atoms with Crippen molar-refractivity contribution in [1.82, 2.24) is 4.90 Å². The fourth-order valence-electron chi connectivity index (χ4n) is 3.67. The predicted molar refractivity (Wildman–Crippen MR) is 138 cm³/mol. The van der Waals surface area contributed by atoms with Gasteiger partial charge in [0.1, 0.15) is 24.7 Å². The Balaban J connectivity index is 1.98. The summed E-state index contributed by atoms with van der Waals surface area (Å²) in [5, 5.41) is 9.24. The number of carbonyl (C=O) groups is 2. The zero-order chi connectivity index (χ0) is 29.0. The van der Waals surface area contributed by atoms with Crippen LogP contribution in [0.1, 0.15) is 35.6 Å². The van der Waals surface area contributed by atoms with Crippen LogP contribution < -0.4 is 9.47 Å². The summed E-state index contributed by atoms with van der Waals surface area (Å²) in [5.41, 5.74) is 3.56. The van der Waals surface area contributed by atoms with Gasteiger partial charge in [-0.05, 0) is 74.6 Å². The van der Waals surface area contributed by atoms with Gasteiger partial charge in [0.2, 0.25) is 0 Å². The SMILES string of the molecule is CCOC(Cc1ccc(OCCN(CCCOCC(F)(F)F)C(=O)Oc2cc(C)c(C)cc2C)cc1)C(=O)O. The molecule has 2 aromatic carbocycles. The first kappa shape index (κ1) is 31.9. The molecule has 0 heterocycles. The van der Waals surface area contributed by atoms with E-state index in [2.05, 4.69) is 4.74 Å². The smallest absolute Gasteiger partial charge is 0.415 e. The van der Waals surface area contributed by atoms with Crippen molar-refractivity contribution in [3.05, 3.63) is 58.7 Å². The van der Waals surface area contributed by atoms with E-state index in [1.165, 1.54) is 4.90 Å². The van der Waals surface area contributed by atoms with Gasteiger partial charge in [0.25, 0.3) is 0 Å². The number of carboxylic acid groups (broad SMARTS) is 1. The zero-order valence-electron chi connectivity index (χ0n) is 22.7. The Morgan fingerprint density at radius 3 is 2.26 bits per heavy atom. The van der Waals surface area contributed by atoms with Crippen LogP contribution in [-0.4, -0.2) is 73.9 Å². The molecule has 39 heavy (non-hydrogen) atoms. The van der Waals surface area contributed by atoms with E-state index in [4.69, 9.17) is 14.2 Å². The molecule has 0 aromatic heterocycles. The lowest BCUT2D eigenvalue weighted by Gasteiger charge is -2.23. The largest absolute Gasteiger partial charge is 0.492 e. The molecule has 1 amide bonds. The van der Waals surface area contributed by atoms with Gasteiger partial charge < -0.3 is 29.0 Å². The van der Waals surface area contributed by atoms with Crippen LogP contribution >= 0.6 is 0 Å². The van der Waals surface area contributed by atoms with Crippen LogP contribution in [0.25, 0.3) is 0 Å². The molecular formula is C28H36F3NO7. The van der Waals surface area contributed by atoms with Gasteiger partial charge in [0.15, 0.2) is 6.10 Å². The minimum absolute atomic E-state index is 0.0977. The first-order chi connectivity index (χ1) is 18.4. The third kappa shape index (κ3) is 11.5. The Kier molecular flexibility index (Phi) is 12.5. The first-order valence-corrected chi connectivity index (χ1v) is 12.6. The van der Waals surface area contributed by atoms with Gasteiger partial charge in [-0.1, -0.05) is 18.2 Å². The van der Waals surface area contributed by atoms with Gasteiger partial charge in [-0.25, -0.2) is 9.59 Å². The molecule has 0 bridgehead atoms. The number of ether oxygens (including phenoxy) is 4. The number of alkyl halides is 3. The molecule has 0 fully saturated rings. The standard InChI is InChI=1S/C28H36F3NO7/c1-5-37-25(26(33)34)17-22-7-9-23(10-8-22)38-14-12-32(11-6-13-36-18-28(29,30)31)27(35)39-24-16-20(3)19(2)15-21(24)4/h7-10,15-16,25H,5-6,11-14,17-18H2,1-4H3,(H,33,34). The molecule has 2 rings (SSSR count). The fraction of sp³-hybridized carbons (Fsp3) is 0.500. The molecule has 216 valence electrons. The number of nitrogens with zero attached hydrogens (tertiary/aromatic N) is 1. The number of aliphatic carboxylic acids is 1. The molecule has 11 heteroatoms. The highest BCUT2D eigenvalue weighted by atomic mass is 19.4. The maximum atomic E-state index is 12.9. The summed E-state index contributed by atoms with van der Waals surface area (Å²) >= 11 is 0. The molecule has 0 saturated heterocycles. The highest BCUT2D eigenvalue weighted by molar-refractivity contribution is 5.73. The summed E-state index contributed by atoms with van der Waals surface area (Å²) in [6, 6.07) is 10.5. The maximum Gasteiger partial charge on any atom is 0.415 e. The van der Waals surface area contributed by atoms with Crippen LogP contribution in [0, 0.1) is 20.8 Å². The van der Waals surface area contributed by atoms with Crippen LogP contribution in [0.4, 0.5) is 18.0 Å². The van der Waals surface area contributed by atoms with E-state index < -0.39 is 30.9 Å². The molecule has 1 unspecified atom stereocenters. The summed E-state index contributed by atoms with van der Waals surface area (Å²) in [5.74, 6) is -0.123. The van der Waals surface area contributed by atoms with E-state index >= 15 is 0 Å². The Labute approximate surface area is 226 Å². The molecule has 2 aromatic rings. The van der Waals surface area contributed by atoms with Crippen molar-refractivity contribution >= 4 is 12.1 Å². The number of rotatable bonds is 15. The number of aryl methyl sites for hydroxylation is 3. The molecule has 0 aliphatic rings. The minimum atomic E-state index is -4.42. The van der Waals surface area contributed by atoms with E-state index in [1.807, 2.05) is 26.8 Å². The molecule has 0 saturated carbocycles. The normalized spacial score (nSPS) is 12.2. The second-order valence-corrected chi connectivity index (χ2v) is 9.06. The fourth-order valence-corrected chi connectivity index (χ4v) is 3.67. The summed E-state index contributed by atoms with van der Waals surface area (Å²) in [6.07, 6.45) is -5.62. The molecule has 0 radical (unpaired) electrons. The summed E-state index contributed by atoms with van der Waals surface area (Å²) in [7, 11) is 0. The van der Waals surface area contributed by atoms with Crippen molar-refractivity contribution in [2.24, 2.45) is 0 Å². The predicted octanol–water partition coefficient (Wildman–Crippen LogP) is 5.49. The summed E-state index contributed by atoms with van der Waals surface area (Å²) in [6.45, 7) is 6.49. The van der Waals surface area contributed by atoms with E-state index in [0.29, 0.717) is 11.5 Å². The number of benzene rings is 2. The average Bonchev–Trinajstić information content (AvgIpc) is 2.85. The average molecular weight is 556 g/mol. The Bertz CT molecular complexity index is 1070. The third-order valence-electron chi connectivity index (χ3n) is 5.85. The second-order valence-electron chi connectivity index (χ2n) is 9.06. The maximum absolute atomic E-state index is 12.9. The van der Waals surface area contributed by atoms with Crippen molar-refractivity contribution in [3.8, 4) is 11.5 Å². The summed E-state index contributed by atoms with van der Waals surface area (Å²) in [4.78, 5) is 25.6. The van der Waals surface area contributed by atoms with Gasteiger partial charge in [0.05, 0.1) is 6.54 Å². The topological polar surface area (TPSA) is 94.5 Å². The van der Waals surface area contributed by atoms with Crippen LogP contribution in [0.5, 0.6) is 11.5 Å². The third-order valence-corrected chi connectivity index (χ3v) is 5.85. The van der Waals surface area contributed by atoms with E-state index in [9.17, 15) is 27.9 Å². The molecular weight excluding hydrogens is 519 g/mol. The Morgan fingerprint density at radius 2 is 1.64 bits per heavy atom. The van der Waals surface area contributed by atoms with Gasteiger partial charge in [-0.3, -0.25) is 0 Å². The lowest BCUT2D eigenvalue weighted by atomic mass is 10.1. The van der Waals surface area contributed by atoms with Crippen molar-refractivity contribution in [2.45, 2.75) is 52.8 Å². The number of hydrogen-bond donors (Lipinski definition) is 1. The van der Waals surface area contributed by atoms with Crippen molar-refractivity contribution in [2.75, 3.05) is 39.5 Å². The van der Waals surface area contributed by atoms with Crippen molar-refractivity contribution < 1.29 is 46.8 Å². The quantitative estimate of drug-likeness (QED) is 0.290. The van der Waals surface area contributed by atoms with Crippen LogP contribution in [0.3, 0.4) is 0 Å². The highest BCUT2D eigenvalue weighted by Crippen LogP contribution is 2.23. The molecule has 1 N–H and O–H groups in total. The van der Waals surface area contributed by atoms with Gasteiger partial charge >= 0.3 is 18.2 Å². The van der Waals surface area contributed by atoms with E-state index in [0.717, 1.165) is 22.3 Å². The van der Waals surface area contributed by atoms with Crippen molar-refractivity contribution in [3.63, 3.8) is 0 Å². The minimum Gasteiger partial charge on any atom is -0.492 e. The van der Waals surface area contributed by atoms with Crippen LogP contribution in [-0.2, 0) is 20.7 Å². The number of hydrogen-bond acceptors (Lipinski definition) is 6. The number of halogens is 3. The van der Waals surface area contributed by atoms with Crippen molar-refractivity contribution in [1.29, 1.82) is 0 Å². The molecule has 0 aliphatic carbocycles. The Hall–Kier alpha value is -3.31. The van der Waals surface area contributed by atoms with E-state index in [1.54, 1.807) is 37.3 Å². The van der Waals surface area contributed by atoms with Gasteiger partial charge in [-0.2, -0.15) is 13.2 Å². The highest BCUT2D eigenvalue weighted by Gasteiger charge is 2.27. The number of amides is 1. The summed E-state index contributed by atoms with van der Waals surface area (Å²) < 4.78 is 58.2. The lowest BCUT2D eigenvalue weighted by Crippen LogP contribution is -2.38. The van der Waals surface area contributed by atoms with Crippen LogP contribution in [0.2, 0.25) is 0 Å². The lowest BCUT2D eigenvalue weighted by molar-refractivity contribution is -0.174. The second kappa shape index (κ2) is 15.3. The van der Waals surface area contributed by atoms with Crippen LogP contribution in [0.15, 0.2) is 36.4 Å².